The van der Waals surface area contributed by atoms with Gasteiger partial charge in [-0.1, -0.05) is 0 Å². The predicted molar refractivity (Wildman–Crippen MR) is 93.4 cm³/mol. The quantitative estimate of drug-likeness (QED) is 0.644. The number of hydrogen-bond acceptors (Lipinski definition) is 5. The van der Waals surface area contributed by atoms with E-state index in [4.69, 9.17) is 0 Å². The lowest BCUT2D eigenvalue weighted by Crippen LogP contribution is -2.55. The molecular formula is C16H28N4O4S. The maximum atomic E-state index is 12.7. The number of rotatable bonds is 4. The highest BCUT2D eigenvalue weighted by molar-refractivity contribution is 7.88. The first-order valence-corrected chi connectivity index (χ1v) is 11.0. The second-order valence-corrected chi connectivity index (χ2v) is 9.16. The molecule has 25 heavy (non-hydrogen) atoms. The van der Waals surface area contributed by atoms with Gasteiger partial charge in [0.1, 0.15) is 6.04 Å². The number of piperazine rings is 1. The largest absolute Gasteiger partial charge is 0.342 e. The predicted octanol–water partition coefficient (Wildman–Crippen LogP) is -0.823. The van der Waals surface area contributed by atoms with Crippen molar-refractivity contribution in [2.75, 3.05) is 58.6 Å². The normalized spacial score (nSPS) is 26.4. The number of nitrogens with zero attached hydrogens (tertiary/aromatic N) is 4. The minimum absolute atomic E-state index is 0.0894. The van der Waals surface area contributed by atoms with Crippen LogP contribution in [0.5, 0.6) is 0 Å². The average Bonchev–Trinajstić information content (AvgIpc) is 3.26. The number of carbonyl (C=O) groups is 2. The summed E-state index contributed by atoms with van der Waals surface area (Å²) in [5.41, 5.74) is 0. The van der Waals surface area contributed by atoms with Crippen molar-refractivity contribution in [3.8, 4) is 0 Å². The van der Waals surface area contributed by atoms with E-state index in [1.807, 2.05) is 4.90 Å². The molecule has 1 atom stereocenters. The highest BCUT2D eigenvalue weighted by Gasteiger charge is 2.39. The molecule has 3 aliphatic heterocycles. The van der Waals surface area contributed by atoms with Gasteiger partial charge in [0.15, 0.2) is 0 Å². The first-order chi connectivity index (χ1) is 11.9. The van der Waals surface area contributed by atoms with Crippen LogP contribution in [0.4, 0.5) is 0 Å². The molecule has 0 aromatic rings. The topological polar surface area (TPSA) is 81.2 Å². The summed E-state index contributed by atoms with van der Waals surface area (Å²) in [6, 6.07) is -0.548. The lowest BCUT2D eigenvalue weighted by Gasteiger charge is -2.37. The molecule has 0 spiro atoms. The zero-order valence-corrected chi connectivity index (χ0v) is 15.7. The second-order valence-electron chi connectivity index (χ2n) is 7.22. The van der Waals surface area contributed by atoms with Crippen molar-refractivity contribution in [1.82, 2.24) is 19.0 Å². The van der Waals surface area contributed by atoms with E-state index in [1.54, 1.807) is 4.90 Å². The third kappa shape index (κ3) is 4.32. The molecule has 0 saturated carbocycles. The number of sulfonamides is 1. The van der Waals surface area contributed by atoms with Crippen molar-refractivity contribution in [2.24, 2.45) is 0 Å². The van der Waals surface area contributed by atoms with Gasteiger partial charge in [-0.25, -0.2) is 8.42 Å². The number of amides is 2. The van der Waals surface area contributed by atoms with E-state index in [9.17, 15) is 18.0 Å². The zero-order chi connectivity index (χ0) is 18.0. The molecular weight excluding hydrogens is 344 g/mol. The molecule has 0 radical (unpaired) electrons. The molecule has 8 nitrogen and oxygen atoms in total. The summed E-state index contributed by atoms with van der Waals surface area (Å²) in [7, 11) is -3.35. The van der Waals surface area contributed by atoms with Crippen LogP contribution in [-0.4, -0.2) is 104 Å². The second kappa shape index (κ2) is 7.59. The molecule has 0 aliphatic carbocycles. The Bertz CT molecular complexity index is 610. The smallest absolute Gasteiger partial charge is 0.241 e. The molecule has 3 fully saturated rings. The van der Waals surface area contributed by atoms with Gasteiger partial charge in [0.25, 0.3) is 0 Å². The summed E-state index contributed by atoms with van der Waals surface area (Å²) in [6.07, 6.45) is 4.67. The Labute approximate surface area is 149 Å². The summed E-state index contributed by atoms with van der Waals surface area (Å²) in [4.78, 5) is 30.7. The van der Waals surface area contributed by atoms with Gasteiger partial charge in [0.05, 0.1) is 12.8 Å². The molecule has 0 N–H and O–H groups in total. The number of likely N-dealkylation sites (tertiary alicyclic amines) is 1. The van der Waals surface area contributed by atoms with E-state index < -0.39 is 16.1 Å². The van der Waals surface area contributed by atoms with Crippen LogP contribution in [0.15, 0.2) is 0 Å². The van der Waals surface area contributed by atoms with Crippen LogP contribution in [0.2, 0.25) is 0 Å². The minimum Gasteiger partial charge on any atom is -0.342 e. The molecule has 3 heterocycles. The fourth-order valence-corrected chi connectivity index (χ4v) is 5.10. The Balaban J connectivity index is 1.50. The van der Waals surface area contributed by atoms with Crippen LogP contribution in [0.25, 0.3) is 0 Å². The maximum absolute atomic E-state index is 12.7. The van der Waals surface area contributed by atoms with Crippen LogP contribution in [0.3, 0.4) is 0 Å². The van der Waals surface area contributed by atoms with E-state index in [-0.39, 0.29) is 11.8 Å². The maximum Gasteiger partial charge on any atom is 0.241 e. The van der Waals surface area contributed by atoms with Gasteiger partial charge in [-0.15, -0.1) is 0 Å². The standard InChI is InChI=1S/C16H28N4O4S/c1-25(23,24)20-8-4-5-14(20)16(22)19-11-9-17(10-12-19)13-15(21)18-6-2-3-7-18/h14H,2-13H2,1H3. The lowest BCUT2D eigenvalue weighted by atomic mass is 10.2. The van der Waals surface area contributed by atoms with Crippen molar-refractivity contribution in [3.63, 3.8) is 0 Å². The number of carbonyl (C=O) groups excluding carboxylic acids is 2. The molecule has 3 rings (SSSR count). The van der Waals surface area contributed by atoms with Crippen molar-refractivity contribution < 1.29 is 18.0 Å². The summed E-state index contributed by atoms with van der Waals surface area (Å²) < 4.78 is 25.0. The monoisotopic (exact) mass is 372 g/mol. The molecule has 0 bridgehead atoms. The number of hydrogen-bond donors (Lipinski definition) is 0. The zero-order valence-electron chi connectivity index (χ0n) is 14.9. The van der Waals surface area contributed by atoms with E-state index in [0.717, 1.165) is 32.4 Å². The van der Waals surface area contributed by atoms with Crippen molar-refractivity contribution in [3.05, 3.63) is 0 Å². The van der Waals surface area contributed by atoms with Crippen molar-refractivity contribution >= 4 is 21.8 Å². The highest BCUT2D eigenvalue weighted by atomic mass is 32.2. The van der Waals surface area contributed by atoms with Crippen LogP contribution in [0, 0.1) is 0 Å². The van der Waals surface area contributed by atoms with Gasteiger partial charge >= 0.3 is 0 Å². The van der Waals surface area contributed by atoms with Gasteiger partial charge in [0.2, 0.25) is 21.8 Å². The molecule has 142 valence electrons. The Morgan fingerprint density at radius 3 is 2.12 bits per heavy atom. The third-order valence-corrected chi connectivity index (χ3v) is 6.71. The van der Waals surface area contributed by atoms with Gasteiger partial charge in [-0.3, -0.25) is 14.5 Å². The SMILES string of the molecule is CS(=O)(=O)N1CCCC1C(=O)N1CCN(CC(=O)N2CCCC2)CC1. The van der Waals surface area contributed by atoms with E-state index in [1.165, 1.54) is 10.6 Å². The lowest BCUT2D eigenvalue weighted by molar-refractivity contribution is -0.137. The third-order valence-electron chi connectivity index (χ3n) is 5.42. The fraction of sp³-hybridized carbons (Fsp3) is 0.875. The first kappa shape index (κ1) is 18.6. The average molecular weight is 372 g/mol. The Hall–Kier alpha value is -1.19. The summed E-state index contributed by atoms with van der Waals surface area (Å²) in [5, 5.41) is 0. The molecule has 3 saturated heterocycles. The highest BCUT2D eigenvalue weighted by Crippen LogP contribution is 2.22. The van der Waals surface area contributed by atoms with Crippen molar-refractivity contribution in [1.29, 1.82) is 0 Å². The van der Waals surface area contributed by atoms with Crippen LogP contribution in [0.1, 0.15) is 25.7 Å². The van der Waals surface area contributed by atoms with Crippen molar-refractivity contribution in [2.45, 2.75) is 31.7 Å². The Kier molecular flexibility index (Phi) is 5.65. The minimum atomic E-state index is -3.35. The molecule has 9 heteroatoms. The molecule has 1 unspecified atom stereocenters. The molecule has 0 aromatic carbocycles. The van der Waals surface area contributed by atoms with Crippen LogP contribution >= 0.6 is 0 Å². The summed E-state index contributed by atoms with van der Waals surface area (Å²) in [6.45, 7) is 5.01. The van der Waals surface area contributed by atoms with Gasteiger partial charge < -0.3 is 9.80 Å². The van der Waals surface area contributed by atoms with Crippen LogP contribution in [-0.2, 0) is 19.6 Å². The fourth-order valence-electron chi connectivity index (χ4n) is 3.98. The Morgan fingerprint density at radius 2 is 1.52 bits per heavy atom. The summed E-state index contributed by atoms with van der Waals surface area (Å²) >= 11 is 0. The molecule has 0 aromatic heterocycles. The molecule has 2 amide bonds. The summed E-state index contributed by atoms with van der Waals surface area (Å²) in [5.74, 6) is 0.0877. The van der Waals surface area contributed by atoms with Gasteiger partial charge in [-0.05, 0) is 25.7 Å². The van der Waals surface area contributed by atoms with E-state index in [2.05, 4.69) is 4.90 Å². The van der Waals surface area contributed by atoms with Gasteiger partial charge in [-0.2, -0.15) is 4.31 Å². The van der Waals surface area contributed by atoms with Crippen LogP contribution < -0.4 is 0 Å². The van der Waals surface area contributed by atoms with E-state index in [0.29, 0.717) is 45.7 Å². The van der Waals surface area contributed by atoms with Gasteiger partial charge in [0, 0.05) is 45.8 Å². The van der Waals surface area contributed by atoms with E-state index >= 15 is 0 Å². The molecule has 3 aliphatic rings. The Morgan fingerprint density at radius 1 is 0.880 bits per heavy atom. The first-order valence-electron chi connectivity index (χ1n) is 9.12.